The molecule has 3 nitrogen and oxygen atoms in total. The average molecular weight is 250 g/mol. The smallest absolute Gasteiger partial charge is 0.113 e. The fraction of sp³-hybridized carbons (Fsp3) is 0.308. The highest BCUT2D eigenvalue weighted by molar-refractivity contribution is 6.33. The number of halogens is 1. The molecule has 0 amide bonds. The Morgan fingerprint density at radius 2 is 2.24 bits per heavy atom. The largest absolute Gasteiger partial charge is 0.398 e. The van der Waals surface area contributed by atoms with Gasteiger partial charge in [-0.1, -0.05) is 24.6 Å². The zero-order valence-electron chi connectivity index (χ0n) is 9.86. The van der Waals surface area contributed by atoms with E-state index in [0.717, 1.165) is 30.8 Å². The van der Waals surface area contributed by atoms with E-state index in [4.69, 9.17) is 17.3 Å². The highest BCUT2D eigenvalue weighted by Gasteiger charge is 2.05. The van der Waals surface area contributed by atoms with Crippen molar-refractivity contribution in [2.45, 2.75) is 26.3 Å². The summed E-state index contributed by atoms with van der Waals surface area (Å²) in [7, 11) is 0. The van der Waals surface area contributed by atoms with Crippen molar-refractivity contribution in [3.05, 3.63) is 47.0 Å². The van der Waals surface area contributed by atoms with E-state index < -0.39 is 0 Å². The molecule has 0 fully saturated rings. The first kappa shape index (κ1) is 12.0. The summed E-state index contributed by atoms with van der Waals surface area (Å²) < 4.78 is 2.17. The van der Waals surface area contributed by atoms with E-state index in [1.54, 1.807) is 0 Å². The third kappa shape index (κ3) is 2.80. The van der Waals surface area contributed by atoms with Crippen molar-refractivity contribution in [2.75, 3.05) is 5.73 Å². The van der Waals surface area contributed by atoms with Gasteiger partial charge in [-0.15, -0.1) is 0 Å². The molecule has 17 heavy (non-hydrogen) atoms. The summed E-state index contributed by atoms with van der Waals surface area (Å²) >= 11 is 6.00. The summed E-state index contributed by atoms with van der Waals surface area (Å²) in [6.07, 6.45) is 5.74. The first-order valence-electron chi connectivity index (χ1n) is 5.74. The van der Waals surface area contributed by atoms with Gasteiger partial charge in [0.25, 0.3) is 0 Å². The molecule has 0 atom stereocenters. The number of hydrogen-bond acceptors (Lipinski definition) is 2. The number of nitrogens with two attached hydrogens (primary N) is 1. The fourth-order valence-corrected chi connectivity index (χ4v) is 2.02. The molecule has 0 aliphatic heterocycles. The van der Waals surface area contributed by atoms with Crippen LogP contribution in [0.3, 0.4) is 0 Å². The third-order valence-electron chi connectivity index (χ3n) is 2.69. The summed E-state index contributed by atoms with van der Waals surface area (Å²) in [6.45, 7) is 3.15. The van der Waals surface area contributed by atoms with Gasteiger partial charge in [0.15, 0.2) is 0 Å². The summed E-state index contributed by atoms with van der Waals surface area (Å²) in [5.41, 5.74) is 7.44. The highest BCUT2D eigenvalue weighted by atomic mass is 35.5. The quantitative estimate of drug-likeness (QED) is 0.846. The number of aryl methyl sites for hydroxylation is 1. The number of aromatic nitrogens is 2. The zero-order valence-corrected chi connectivity index (χ0v) is 10.6. The van der Waals surface area contributed by atoms with Gasteiger partial charge in [0, 0.05) is 25.4 Å². The summed E-state index contributed by atoms with van der Waals surface area (Å²) in [6, 6.07) is 5.73. The summed E-state index contributed by atoms with van der Waals surface area (Å²) in [5.74, 6) is 1.06. The monoisotopic (exact) mass is 249 g/mol. The standard InChI is InChI=1S/C13H16ClN3/c1-2-6-17-7-5-16-13(17)9-10-3-4-12(15)11(14)8-10/h3-5,7-8H,2,6,9,15H2,1H3. The third-order valence-corrected chi connectivity index (χ3v) is 3.02. The Labute approximate surface area is 106 Å². The van der Waals surface area contributed by atoms with Crippen LogP contribution < -0.4 is 5.73 Å². The highest BCUT2D eigenvalue weighted by Crippen LogP contribution is 2.21. The SMILES string of the molecule is CCCn1ccnc1Cc1ccc(N)c(Cl)c1. The van der Waals surface area contributed by atoms with Crippen molar-refractivity contribution >= 4 is 17.3 Å². The lowest BCUT2D eigenvalue weighted by molar-refractivity contribution is 0.647. The van der Waals surface area contributed by atoms with Crippen LogP contribution in [0.15, 0.2) is 30.6 Å². The minimum absolute atomic E-state index is 0.607. The molecule has 0 spiro atoms. The van der Waals surface area contributed by atoms with Crippen LogP contribution in [0, 0.1) is 0 Å². The number of benzene rings is 1. The van der Waals surface area contributed by atoms with Crippen LogP contribution >= 0.6 is 11.6 Å². The second kappa shape index (κ2) is 5.23. The van der Waals surface area contributed by atoms with Gasteiger partial charge in [0.2, 0.25) is 0 Å². The molecule has 0 aliphatic rings. The lowest BCUT2D eigenvalue weighted by atomic mass is 10.1. The summed E-state index contributed by atoms with van der Waals surface area (Å²) in [5, 5.41) is 0.607. The van der Waals surface area contributed by atoms with Gasteiger partial charge >= 0.3 is 0 Å². The van der Waals surface area contributed by atoms with Crippen molar-refractivity contribution in [3.63, 3.8) is 0 Å². The van der Waals surface area contributed by atoms with Crippen LogP contribution in [-0.2, 0) is 13.0 Å². The van der Waals surface area contributed by atoms with Gasteiger partial charge < -0.3 is 10.3 Å². The number of nitrogens with zero attached hydrogens (tertiary/aromatic N) is 2. The Hall–Kier alpha value is -1.48. The maximum atomic E-state index is 6.00. The van der Waals surface area contributed by atoms with Gasteiger partial charge in [0.1, 0.15) is 5.82 Å². The molecule has 2 aromatic rings. The van der Waals surface area contributed by atoms with Crippen molar-refractivity contribution in [2.24, 2.45) is 0 Å². The predicted molar refractivity (Wildman–Crippen MR) is 71.2 cm³/mol. The molecule has 1 heterocycles. The van der Waals surface area contributed by atoms with Crippen LogP contribution in [0.25, 0.3) is 0 Å². The number of imidazole rings is 1. The van der Waals surface area contributed by atoms with E-state index in [1.807, 2.05) is 30.6 Å². The zero-order chi connectivity index (χ0) is 12.3. The molecule has 0 radical (unpaired) electrons. The van der Waals surface area contributed by atoms with Crippen LogP contribution in [0.1, 0.15) is 24.7 Å². The molecule has 90 valence electrons. The molecule has 2 N–H and O–H groups in total. The lowest BCUT2D eigenvalue weighted by Crippen LogP contribution is -2.03. The Bertz CT molecular complexity index is 505. The molecular weight excluding hydrogens is 234 g/mol. The maximum absolute atomic E-state index is 6.00. The lowest BCUT2D eigenvalue weighted by Gasteiger charge is -2.07. The van der Waals surface area contributed by atoms with Crippen LogP contribution in [-0.4, -0.2) is 9.55 Å². The topological polar surface area (TPSA) is 43.8 Å². The van der Waals surface area contributed by atoms with Gasteiger partial charge in [-0.05, 0) is 24.1 Å². The number of hydrogen-bond donors (Lipinski definition) is 1. The Balaban J connectivity index is 2.19. The van der Waals surface area contributed by atoms with E-state index >= 15 is 0 Å². The van der Waals surface area contributed by atoms with E-state index in [1.165, 1.54) is 0 Å². The first-order valence-corrected chi connectivity index (χ1v) is 6.12. The van der Waals surface area contributed by atoms with Crippen molar-refractivity contribution in [1.82, 2.24) is 9.55 Å². The number of rotatable bonds is 4. The van der Waals surface area contributed by atoms with Gasteiger partial charge in [-0.2, -0.15) is 0 Å². The molecule has 0 bridgehead atoms. The Morgan fingerprint density at radius 3 is 2.94 bits per heavy atom. The normalized spacial score (nSPS) is 10.7. The average Bonchev–Trinajstić information content (AvgIpc) is 2.72. The van der Waals surface area contributed by atoms with Crippen LogP contribution in [0.2, 0.25) is 5.02 Å². The van der Waals surface area contributed by atoms with Crippen molar-refractivity contribution < 1.29 is 0 Å². The molecule has 0 saturated heterocycles. The Kier molecular flexibility index (Phi) is 3.69. The van der Waals surface area contributed by atoms with Crippen LogP contribution in [0.4, 0.5) is 5.69 Å². The Morgan fingerprint density at radius 1 is 1.41 bits per heavy atom. The van der Waals surface area contributed by atoms with Gasteiger partial charge in [-0.3, -0.25) is 0 Å². The van der Waals surface area contributed by atoms with E-state index in [9.17, 15) is 0 Å². The molecule has 1 aromatic heterocycles. The first-order chi connectivity index (χ1) is 8.20. The second-order valence-corrected chi connectivity index (χ2v) is 4.48. The molecule has 0 aliphatic carbocycles. The molecular formula is C13H16ClN3. The van der Waals surface area contributed by atoms with E-state index in [0.29, 0.717) is 10.7 Å². The summed E-state index contributed by atoms with van der Waals surface area (Å²) in [4.78, 5) is 4.37. The molecule has 0 unspecified atom stereocenters. The molecule has 0 saturated carbocycles. The minimum Gasteiger partial charge on any atom is -0.398 e. The second-order valence-electron chi connectivity index (χ2n) is 4.07. The van der Waals surface area contributed by atoms with E-state index in [2.05, 4.69) is 16.5 Å². The fourth-order valence-electron chi connectivity index (χ4n) is 1.81. The van der Waals surface area contributed by atoms with Gasteiger partial charge in [-0.25, -0.2) is 4.98 Å². The number of nitrogen functional groups attached to an aromatic ring is 1. The maximum Gasteiger partial charge on any atom is 0.113 e. The molecule has 1 aromatic carbocycles. The minimum atomic E-state index is 0.607. The van der Waals surface area contributed by atoms with Crippen molar-refractivity contribution in [1.29, 1.82) is 0 Å². The van der Waals surface area contributed by atoms with Crippen LogP contribution in [0.5, 0.6) is 0 Å². The molecule has 2 rings (SSSR count). The van der Waals surface area contributed by atoms with E-state index in [-0.39, 0.29) is 0 Å². The van der Waals surface area contributed by atoms with Gasteiger partial charge in [0.05, 0.1) is 10.7 Å². The number of anilines is 1. The molecule has 4 heteroatoms. The predicted octanol–water partition coefficient (Wildman–Crippen LogP) is 3.12. The van der Waals surface area contributed by atoms with Crippen molar-refractivity contribution in [3.8, 4) is 0 Å².